The van der Waals surface area contributed by atoms with Gasteiger partial charge in [0.2, 0.25) is 0 Å². The summed E-state index contributed by atoms with van der Waals surface area (Å²) < 4.78 is 3.28. The van der Waals surface area contributed by atoms with E-state index in [1.54, 1.807) is 30.3 Å². The van der Waals surface area contributed by atoms with Gasteiger partial charge in [-0.1, -0.05) is 0 Å². The Hall–Kier alpha value is -2.84. The molecule has 0 aliphatic carbocycles. The van der Waals surface area contributed by atoms with Crippen LogP contribution in [-0.2, 0) is 13.6 Å². The van der Waals surface area contributed by atoms with Gasteiger partial charge < -0.3 is 20.1 Å². The molecule has 1 aliphatic rings. The lowest BCUT2D eigenvalue weighted by Gasteiger charge is -2.33. The number of carbonyl (C=O) groups is 1. The molecule has 0 radical (unpaired) electrons. The van der Waals surface area contributed by atoms with Crippen molar-refractivity contribution in [3.05, 3.63) is 41.2 Å². The summed E-state index contributed by atoms with van der Waals surface area (Å²) in [5, 5.41) is 9.89. The van der Waals surface area contributed by atoms with Crippen molar-refractivity contribution < 1.29 is 4.79 Å². The van der Waals surface area contributed by atoms with Crippen molar-refractivity contribution in [1.29, 1.82) is 0 Å². The van der Waals surface area contributed by atoms with Gasteiger partial charge in [0.15, 0.2) is 5.82 Å². The number of anilines is 1. The Balaban J connectivity index is 1.50. The average Bonchev–Trinajstić information content (AvgIpc) is 3.11. The Morgan fingerprint density at radius 1 is 1.36 bits per heavy atom. The number of carbonyl (C=O) groups excluding carboxylic acids is 1. The maximum Gasteiger partial charge on any atom is 0.315 e. The molecule has 2 amide bonds. The minimum absolute atomic E-state index is 0.00911. The van der Waals surface area contributed by atoms with E-state index >= 15 is 0 Å². The van der Waals surface area contributed by atoms with Crippen LogP contribution in [0.4, 0.5) is 10.6 Å². The topological polar surface area (TPSA) is 97.1 Å². The molecule has 9 nitrogen and oxygen atoms in total. The highest BCUT2D eigenvalue weighted by Gasteiger charge is 2.24. The largest absolute Gasteiger partial charge is 0.350 e. The Morgan fingerprint density at radius 2 is 2.24 bits per heavy atom. The van der Waals surface area contributed by atoms with Crippen molar-refractivity contribution in [1.82, 2.24) is 30.0 Å². The minimum atomic E-state index is -0.201. The summed E-state index contributed by atoms with van der Waals surface area (Å²) in [7, 11) is 1.71. The Bertz CT molecular complexity index is 756. The van der Waals surface area contributed by atoms with Crippen molar-refractivity contribution in [2.75, 3.05) is 24.5 Å². The lowest BCUT2D eigenvalue weighted by Crippen LogP contribution is -2.52. The van der Waals surface area contributed by atoms with Crippen LogP contribution in [-0.4, -0.2) is 51.0 Å². The lowest BCUT2D eigenvalue weighted by atomic mass is 10.1. The summed E-state index contributed by atoms with van der Waals surface area (Å²) in [6.45, 7) is 2.48. The van der Waals surface area contributed by atoms with E-state index in [1.807, 2.05) is 17.2 Å². The molecule has 0 aromatic carbocycles. The fourth-order valence-corrected chi connectivity index (χ4v) is 2.94. The van der Waals surface area contributed by atoms with Gasteiger partial charge in [0.05, 0.1) is 6.54 Å². The monoisotopic (exact) mass is 345 g/mol. The number of piperidine rings is 1. The van der Waals surface area contributed by atoms with Gasteiger partial charge in [0, 0.05) is 57.5 Å². The Morgan fingerprint density at radius 3 is 3.04 bits per heavy atom. The highest BCUT2D eigenvalue weighted by Crippen LogP contribution is 2.14. The molecule has 0 spiro atoms. The number of hydrogen-bond donors (Lipinski definition) is 2. The third kappa shape index (κ3) is 4.37. The van der Waals surface area contributed by atoms with Crippen LogP contribution < -0.4 is 21.1 Å². The highest BCUT2D eigenvalue weighted by atomic mass is 16.2. The number of aryl methyl sites for hydroxylation is 1. The van der Waals surface area contributed by atoms with Crippen molar-refractivity contribution in [3.8, 4) is 0 Å². The van der Waals surface area contributed by atoms with Crippen LogP contribution in [0.25, 0.3) is 0 Å². The highest BCUT2D eigenvalue weighted by molar-refractivity contribution is 5.74. The molecule has 1 saturated heterocycles. The van der Waals surface area contributed by atoms with Crippen LogP contribution in [0, 0.1) is 0 Å². The van der Waals surface area contributed by atoms with Crippen LogP contribution >= 0.6 is 0 Å². The number of aromatic nitrogens is 4. The summed E-state index contributed by atoms with van der Waals surface area (Å²) >= 11 is 0. The number of nitrogens with one attached hydrogen (secondary N) is 2. The van der Waals surface area contributed by atoms with Crippen LogP contribution in [0.3, 0.4) is 0 Å². The molecule has 25 heavy (non-hydrogen) atoms. The quantitative estimate of drug-likeness (QED) is 0.792. The second-order valence-electron chi connectivity index (χ2n) is 6.12. The fourth-order valence-electron chi connectivity index (χ4n) is 2.94. The fraction of sp³-hybridized carbons (Fsp3) is 0.500. The second kappa shape index (κ2) is 7.82. The van der Waals surface area contributed by atoms with Gasteiger partial charge in [-0.15, -0.1) is 0 Å². The van der Waals surface area contributed by atoms with Gasteiger partial charge in [0.1, 0.15) is 0 Å². The maximum absolute atomic E-state index is 12.2. The number of rotatable bonds is 5. The molecule has 1 atom stereocenters. The van der Waals surface area contributed by atoms with E-state index in [1.165, 1.54) is 4.57 Å². The average molecular weight is 345 g/mol. The lowest BCUT2D eigenvalue weighted by molar-refractivity contribution is 0.234. The first-order valence-corrected chi connectivity index (χ1v) is 8.42. The Labute approximate surface area is 145 Å². The van der Waals surface area contributed by atoms with Gasteiger partial charge in [0.25, 0.3) is 5.56 Å². The molecular weight excluding hydrogens is 322 g/mol. The molecule has 1 aliphatic heterocycles. The van der Waals surface area contributed by atoms with E-state index in [4.69, 9.17) is 0 Å². The number of nitrogens with zero attached hydrogens (tertiary/aromatic N) is 5. The van der Waals surface area contributed by atoms with Crippen LogP contribution in [0.5, 0.6) is 0 Å². The van der Waals surface area contributed by atoms with E-state index in [-0.39, 0.29) is 17.6 Å². The molecule has 0 saturated carbocycles. The van der Waals surface area contributed by atoms with E-state index in [0.29, 0.717) is 25.5 Å². The minimum Gasteiger partial charge on any atom is -0.350 e. The predicted molar refractivity (Wildman–Crippen MR) is 93.5 cm³/mol. The van der Waals surface area contributed by atoms with Crippen molar-refractivity contribution in [2.45, 2.75) is 25.4 Å². The van der Waals surface area contributed by atoms with Crippen LogP contribution in [0.15, 0.2) is 35.6 Å². The standard InChI is InChI=1S/C16H23N7O2/c1-21-10-6-17-14(15(21)24)22-8-2-4-13(12-22)20-16(25)18-7-11-23-9-3-5-19-23/h3,5-6,9-10,13H,2,4,7-8,11-12H2,1H3,(H2,18,20,25)/t13-/m1/s1. The first kappa shape index (κ1) is 17.0. The summed E-state index contributed by atoms with van der Waals surface area (Å²) in [5.41, 5.74) is -0.119. The molecule has 1 fully saturated rings. The molecular formula is C16H23N7O2. The number of amides is 2. The van der Waals surface area contributed by atoms with Crippen molar-refractivity contribution in [2.24, 2.45) is 7.05 Å². The van der Waals surface area contributed by atoms with Gasteiger partial charge in [-0.2, -0.15) is 5.10 Å². The first-order chi connectivity index (χ1) is 12.1. The van der Waals surface area contributed by atoms with Gasteiger partial charge in [-0.05, 0) is 18.9 Å². The molecule has 2 N–H and O–H groups in total. The smallest absolute Gasteiger partial charge is 0.315 e. The molecule has 134 valence electrons. The molecule has 2 aromatic heterocycles. The first-order valence-electron chi connectivity index (χ1n) is 8.42. The molecule has 0 unspecified atom stereocenters. The molecule has 3 rings (SSSR count). The maximum atomic E-state index is 12.2. The van der Waals surface area contributed by atoms with E-state index in [2.05, 4.69) is 20.7 Å². The zero-order chi connectivity index (χ0) is 17.6. The third-order valence-corrected chi connectivity index (χ3v) is 4.24. The second-order valence-corrected chi connectivity index (χ2v) is 6.12. The SMILES string of the molecule is Cn1ccnc(N2CCC[C@@H](NC(=O)NCCn3cccn3)C2)c1=O. The third-order valence-electron chi connectivity index (χ3n) is 4.24. The summed E-state index contributed by atoms with van der Waals surface area (Å²) in [6.07, 6.45) is 8.60. The number of hydrogen-bond acceptors (Lipinski definition) is 5. The normalized spacial score (nSPS) is 17.3. The zero-order valence-electron chi connectivity index (χ0n) is 14.3. The van der Waals surface area contributed by atoms with Gasteiger partial charge in [-0.25, -0.2) is 9.78 Å². The van der Waals surface area contributed by atoms with E-state index in [9.17, 15) is 9.59 Å². The zero-order valence-corrected chi connectivity index (χ0v) is 14.3. The molecule has 3 heterocycles. The Kier molecular flexibility index (Phi) is 5.32. The van der Waals surface area contributed by atoms with Gasteiger partial charge in [-0.3, -0.25) is 9.48 Å². The molecule has 9 heteroatoms. The molecule has 2 aromatic rings. The van der Waals surface area contributed by atoms with E-state index < -0.39 is 0 Å². The van der Waals surface area contributed by atoms with Crippen LogP contribution in [0.2, 0.25) is 0 Å². The summed E-state index contributed by atoms with van der Waals surface area (Å²) in [4.78, 5) is 30.4. The summed E-state index contributed by atoms with van der Waals surface area (Å²) in [6, 6.07) is 1.64. The van der Waals surface area contributed by atoms with Crippen LogP contribution in [0.1, 0.15) is 12.8 Å². The predicted octanol–water partition coefficient (Wildman–Crippen LogP) is -0.0550. The summed E-state index contributed by atoms with van der Waals surface area (Å²) in [5.74, 6) is 0.440. The van der Waals surface area contributed by atoms with Crippen molar-refractivity contribution in [3.63, 3.8) is 0 Å². The molecule has 0 bridgehead atoms. The van der Waals surface area contributed by atoms with Gasteiger partial charge >= 0.3 is 6.03 Å². The van der Waals surface area contributed by atoms with E-state index in [0.717, 1.165) is 19.4 Å². The number of urea groups is 1. The van der Waals surface area contributed by atoms with Crippen molar-refractivity contribution >= 4 is 11.8 Å².